The Balaban J connectivity index is 2.00. The Morgan fingerprint density at radius 2 is 2.45 bits per heavy atom. The molecule has 0 unspecified atom stereocenters. The van der Waals surface area contributed by atoms with E-state index in [0.717, 1.165) is 10.4 Å². The molecule has 0 aromatic carbocycles. The van der Waals surface area contributed by atoms with Gasteiger partial charge in [0.05, 0.1) is 22.9 Å². The molecule has 104 valence electrons. The lowest BCUT2D eigenvalue weighted by atomic mass is 10.2. The van der Waals surface area contributed by atoms with Gasteiger partial charge in [0.15, 0.2) is 5.82 Å². The Morgan fingerprint density at radius 3 is 3.15 bits per heavy atom. The third kappa shape index (κ3) is 3.66. The van der Waals surface area contributed by atoms with Crippen molar-refractivity contribution in [3.8, 4) is 11.8 Å². The highest BCUT2D eigenvalue weighted by Crippen LogP contribution is 2.20. The van der Waals surface area contributed by atoms with Crippen molar-refractivity contribution in [3.05, 3.63) is 33.6 Å². The monoisotopic (exact) mass is 291 g/mol. The summed E-state index contributed by atoms with van der Waals surface area (Å²) in [6, 6.07) is 1.79. The predicted molar refractivity (Wildman–Crippen MR) is 73.1 cm³/mol. The van der Waals surface area contributed by atoms with Gasteiger partial charge in [-0.2, -0.15) is 4.98 Å². The highest BCUT2D eigenvalue weighted by atomic mass is 32.1. The summed E-state index contributed by atoms with van der Waals surface area (Å²) in [4.78, 5) is 17.2. The second-order valence-electron chi connectivity index (χ2n) is 3.93. The normalized spacial score (nSPS) is 9.90. The summed E-state index contributed by atoms with van der Waals surface area (Å²) in [6.45, 7) is 2.16. The molecule has 2 N–H and O–H groups in total. The number of hydrogen-bond donors (Lipinski definition) is 2. The van der Waals surface area contributed by atoms with Crippen molar-refractivity contribution >= 4 is 17.2 Å². The molecule has 0 saturated heterocycles. The number of aromatic nitrogens is 2. The third-order valence-electron chi connectivity index (χ3n) is 2.39. The predicted octanol–water partition coefficient (Wildman–Crippen LogP) is 1.10. The Morgan fingerprint density at radius 1 is 1.60 bits per heavy atom. The topological polar surface area (TPSA) is 88.3 Å². The van der Waals surface area contributed by atoms with Crippen LogP contribution >= 0.6 is 11.3 Å². The molecule has 0 aliphatic heterocycles. The van der Waals surface area contributed by atoms with E-state index in [9.17, 15) is 4.79 Å². The van der Waals surface area contributed by atoms with E-state index in [2.05, 4.69) is 31.8 Å². The molecule has 0 bridgehead atoms. The maximum absolute atomic E-state index is 12.0. The summed E-state index contributed by atoms with van der Waals surface area (Å²) in [5, 5.41) is 15.0. The number of amides is 1. The molecule has 0 aliphatic carbocycles. The molecular formula is C13H13N3O3S. The van der Waals surface area contributed by atoms with Crippen LogP contribution in [0.1, 0.15) is 32.4 Å². The standard InChI is InChI=1S/C13H13N3O3S/c1-9-6-11(20-10(9)4-2-3-5-17)13(18)14-7-12-15-8-19-16-12/h6,8,17H,3,5,7H2,1H3,(H,14,18). The molecule has 0 fully saturated rings. The zero-order chi connectivity index (χ0) is 14.4. The summed E-state index contributed by atoms with van der Waals surface area (Å²) in [5.41, 5.74) is 0.949. The summed E-state index contributed by atoms with van der Waals surface area (Å²) >= 11 is 1.32. The van der Waals surface area contributed by atoms with Crippen LogP contribution in [0.3, 0.4) is 0 Å². The van der Waals surface area contributed by atoms with E-state index in [-0.39, 0.29) is 19.1 Å². The second kappa shape index (κ2) is 6.84. The first-order chi connectivity index (χ1) is 9.70. The lowest BCUT2D eigenvalue weighted by Gasteiger charge is -1.98. The number of carbonyl (C=O) groups excluding carboxylic acids is 1. The number of rotatable bonds is 4. The van der Waals surface area contributed by atoms with E-state index in [1.807, 2.05) is 6.92 Å². The highest BCUT2D eigenvalue weighted by molar-refractivity contribution is 7.14. The molecule has 0 atom stereocenters. The molecule has 2 rings (SSSR count). The molecule has 0 spiro atoms. The van der Waals surface area contributed by atoms with Crippen molar-refractivity contribution in [1.82, 2.24) is 15.5 Å². The second-order valence-corrected chi connectivity index (χ2v) is 4.98. The number of aliphatic hydroxyl groups excluding tert-OH is 1. The lowest BCUT2D eigenvalue weighted by Crippen LogP contribution is -2.22. The highest BCUT2D eigenvalue weighted by Gasteiger charge is 2.12. The SMILES string of the molecule is Cc1cc(C(=O)NCc2ncon2)sc1C#CCCO. The summed E-state index contributed by atoms with van der Waals surface area (Å²) in [7, 11) is 0. The van der Waals surface area contributed by atoms with Gasteiger partial charge >= 0.3 is 0 Å². The fourth-order valence-corrected chi connectivity index (χ4v) is 2.40. The van der Waals surface area contributed by atoms with Crippen molar-refractivity contribution in [2.24, 2.45) is 0 Å². The van der Waals surface area contributed by atoms with Crippen LogP contribution in [0.25, 0.3) is 0 Å². The molecular weight excluding hydrogens is 278 g/mol. The van der Waals surface area contributed by atoms with E-state index in [1.165, 1.54) is 17.7 Å². The first-order valence-electron chi connectivity index (χ1n) is 5.94. The fourth-order valence-electron chi connectivity index (χ4n) is 1.43. The molecule has 7 heteroatoms. The molecule has 6 nitrogen and oxygen atoms in total. The molecule has 1 amide bonds. The summed E-state index contributed by atoms with van der Waals surface area (Å²) in [6.07, 6.45) is 1.64. The van der Waals surface area contributed by atoms with Crippen molar-refractivity contribution in [1.29, 1.82) is 0 Å². The van der Waals surface area contributed by atoms with Crippen LogP contribution in [0.5, 0.6) is 0 Å². The van der Waals surface area contributed by atoms with Gasteiger partial charge in [-0.15, -0.1) is 11.3 Å². The average molecular weight is 291 g/mol. The van der Waals surface area contributed by atoms with Crippen molar-refractivity contribution in [3.63, 3.8) is 0 Å². The molecule has 0 aliphatic rings. The zero-order valence-electron chi connectivity index (χ0n) is 10.8. The third-order valence-corrected chi connectivity index (χ3v) is 3.55. The van der Waals surface area contributed by atoms with Gasteiger partial charge < -0.3 is 14.9 Å². The van der Waals surface area contributed by atoms with Crippen LogP contribution in [-0.2, 0) is 6.54 Å². The Bertz CT molecular complexity index is 638. The molecule has 2 aromatic heterocycles. The first-order valence-corrected chi connectivity index (χ1v) is 6.76. The fraction of sp³-hybridized carbons (Fsp3) is 0.308. The quantitative estimate of drug-likeness (QED) is 0.824. The van der Waals surface area contributed by atoms with Crippen LogP contribution in [0.15, 0.2) is 17.0 Å². The number of carbonyl (C=O) groups is 1. The minimum absolute atomic E-state index is 0.0372. The van der Waals surface area contributed by atoms with Crippen LogP contribution in [-0.4, -0.2) is 27.8 Å². The smallest absolute Gasteiger partial charge is 0.261 e. The average Bonchev–Trinajstić information content (AvgIpc) is 3.07. The largest absolute Gasteiger partial charge is 0.395 e. The minimum Gasteiger partial charge on any atom is -0.395 e. The summed E-state index contributed by atoms with van der Waals surface area (Å²) in [5.74, 6) is 6.02. The number of aryl methyl sites for hydroxylation is 1. The maximum atomic E-state index is 12.0. The molecule has 2 heterocycles. The molecule has 0 saturated carbocycles. The first kappa shape index (κ1) is 14.2. The number of hydrogen-bond acceptors (Lipinski definition) is 6. The van der Waals surface area contributed by atoms with Gasteiger partial charge in [0.25, 0.3) is 5.91 Å². The number of aliphatic hydroxyl groups is 1. The van der Waals surface area contributed by atoms with E-state index in [4.69, 9.17) is 5.11 Å². The minimum atomic E-state index is -0.196. The van der Waals surface area contributed by atoms with Crippen LogP contribution in [0.2, 0.25) is 0 Å². The Labute approximate surface area is 119 Å². The Hall–Kier alpha value is -2.17. The van der Waals surface area contributed by atoms with Gasteiger partial charge in [0, 0.05) is 6.42 Å². The van der Waals surface area contributed by atoms with Gasteiger partial charge in [0.2, 0.25) is 6.39 Å². The number of nitrogens with one attached hydrogen (secondary N) is 1. The molecule has 2 aromatic rings. The zero-order valence-corrected chi connectivity index (χ0v) is 11.7. The van der Waals surface area contributed by atoms with Crippen molar-refractivity contribution in [2.45, 2.75) is 19.9 Å². The van der Waals surface area contributed by atoms with E-state index in [1.54, 1.807) is 6.07 Å². The lowest BCUT2D eigenvalue weighted by molar-refractivity contribution is 0.0953. The van der Waals surface area contributed by atoms with Gasteiger partial charge in [-0.3, -0.25) is 4.79 Å². The molecule has 20 heavy (non-hydrogen) atoms. The van der Waals surface area contributed by atoms with E-state index < -0.39 is 0 Å². The van der Waals surface area contributed by atoms with Gasteiger partial charge in [-0.25, -0.2) is 0 Å². The van der Waals surface area contributed by atoms with Crippen molar-refractivity contribution < 1.29 is 14.4 Å². The number of thiophene rings is 1. The van der Waals surface area contributed by atoms with Gasteiger partial charge in [-0.05, 0) is 18.6 Å². The van der Waals surface area contributed by atoms with Crippen LogP contribution in [0, 0.1) is 18.8 Å². The van der Waals surface area contributed by atoms with Gasteiger partial charge in [-0.1, -0.05) is 17.0 Å². The van der Waals surface area contributed by atoms with E-state index >= 15 is 0 Å². The van der Waals surface area contributed by atoms with Crippen molar-refractivity contribution in [2.75, 3.05) is 6.61 Å². The molecule has 0 radical (unpaired) electrons. The maximum Gasteiger partial charge on any atom is 0.261 e. The van der Waals surface area contributed by atoms with Crippen LogP contribution in [0.4, 0.5) is 0 Å². The van der Waals surface area contributed by atoms with E-state index in [0.29, 0.717) is 17.1 Å². The summed E-state index contributed by atoms with van der Waals surface area (Å²) < 4.78 is 4.58. The Kier molecular flexibility index (Phi) is 4.87. The number of nitrogens with zero attached hydrogens (tertiary/aromatic N) is 2. The van der Waals surface area contributed by atoms with Gasteiger partial charge in [0.1, 0.15) is 0 Å². The van der Waals surface area contributed by atoms with Crippen LogP contribution < -0.4 is 5.32 Å².